The number of ether oxygens (including phenoxy) is 2. The highest BCUT2D eigenvalue weighted by molar-refractivity contribution is 5.93. The zero-order valence-electron chi connectivity index (χ0n) is 23.5. The van der Waals surface area contributed by atoms with Crippen molar-refractivity contribution < 1.29 is 36.9 Å². The number of benzene rings is 1. The minimum absolute atomic E-state index is 0.0217. The molecule has 1 saturated carbocycles. The van der Waals surface area contributed by atoms with Crippen molar-refractivity contribution in [3.8, 4) is 0 Å². The molecule has 1 atom stereocenters. The van der Waals surface area contributed by atoms with Crippen LogP contribution in [0.15, 0.2) is 16.8 Å². The summed E-state index contributed by atoms with van der Waals surface area (Å²) < 4.78 is 60.1. The molecule has 1 aromatic carbocycles. The van der Waals surface area contributed by atoms with E-state index in [4.69, 9.17) is 9.47 Å². The normalized spacial score (nSPS) is 20.1. The number of aromatic amines is 1. The van der Waals surface area contributed by atoms with Gasteiger partial charge in [0.2, 0.25) is 5.92 Å². The van der Waals surface area contributed by atoms with Gasteiger partial charge < -0.3 is 19.8 Å². The maximum absolute atomic E-state index is 16.3. The van der Waals surface area contributed by atoms with E-state index in [1.807, 2.05) is 0 Å². The van der Waals surface area contributed by atoms with Crippen LogP contribution in [-0.2, 0) is 19.7 Å². The van der Waals surface area contributed by atoms with Crippen molar-refractivity contribution in [2.24, 2.45) is 5.92 Å². The highest BCUT2D eigenvalue weighted by Crippen LogP contribution is 2.43. The van der Waals surface area contributed by atoms with Crippen molar-refractivity contribution in [2.45, 2.75) is 89.2 Å². The van der Waals surface area contributed by atoms with Crippen LogP contribution < -0.4 is 5.32 Å². The topological polar surface area (TPSA) is 132 Å². The molecule has 1 aliphatic carbocycles. The molecule has 10 nitrogen and oxygen atoms in total. The van der Waals surface area contributed by atoms with Crippen LogP contribution in [0.4, 0.5) is 13.2 Å². The van der Waals surface area contributed by atoms with Gasteiger partial charge >= 0.3 is 5.97 Å². The van der Waals surface area contributed by atoms with E-state index in [2.05, 4.69) is 30.2 Å². The van der Waals surface area contributed by atoms with Gasteiger partial charge in [-0.3, -0.25) is 9.59 Å². The first kappa shape index (κ1) is 29.0. The van der Waals surface area contributed by atoms with E-state index in [0.717, 1.165) is 0 Å². The second kappa shape index (κ2) is 10.7. The Hall–Kier alpha value is -3.48. The lowest BCUT2D eigenvalue weighted by Crippen LogP contribution is -2.45. The molecule has 0 radical (unpaired) electrons. The van der Waals surface area contributed by atoms with Gasteiger partial charge in [0.1, 0.15) is 28.1 Å². The van der Waals surface area contributed by atoms with Crippen LogP contribution >= 0.6 is 0 Å². The monoisotopic (exact) mass is 577 g/mol. The Labute approximate surface area is 234 Å². The van der Waals surface area contributed by atoms with Crippen LogP contribution in [0.2, 0.25) is 0 Å². The summed E-state index contributed by atoms with van der Waals surface area (Å²) in [5, 5.41) is 10.1. The lowest BCUT2D eigenvalue weighted by molar-refractivity contribution is -0.166. The SMILES string of the molecule is Cc1nonc1C(=O)N[C@H](c1nc2c(F)c(C3(C(=O)OC(C)(C)C)CCOCC3)ccc2[nH]1)C1CCC(F)(F)CC1. The van der Waals surface area contributed by atoms with E-state index in [1.165, 1.54) is 0 Å². The van der Waals surface area contributed by atoms with Gasteiger partial charge in [0.15, 0.2) is 11.5 Å². The highest BCUT2D eigenvalue weighted by Gasteiger charge is 2.47. The van der Waals surface area contributed by atoms with E-state index in [1.54, 1.807) is 39.8 Å². The third kappa shape index (κ3) is 5.81. The summed E-state index contributed by atoms with van der Waals surface area (Å²) in [7, 11) is 0. The maximum Gasteiger partial charge on any atom is 0.317 e. The van der Waals surface area contributed by atoms with Crippen molar-refractivity contribution in [3.63, 3.8) is 0 Å². The van der Waals surface area contributed by atoms with Gasteiger partial charge in [-0.05, 0) is 70.5 Å². The number of carbonyl (C=O) groups excluding carboxylic acids is 2. The molecule has 5 rings (SSSR count). The van der Waals surface area contributed by atoms with Crippen LogP contribution in [0.1, 0.15) is 92.9 Å². The molecule has 1 saturated heterocycles. The fourth-order valence-electron chi connectivity index (χ4n) is 5.71. The van der Waals surface area contributed by atoms with Gasteiger partial charge in [-0.2, -0.15) is 0 Å². The molecule has 41 heavy (non-hydrogen) atoms. The van der Waals surface area contributed by atoms with Gasteiger partial charge in [0, 0.05) is 31.6 Å². The van der Waals surface area contributed by atoms with Gasteiger partial charge in [-0.15, -0.1) is 0 Å². The molecular formula is C28H34F3N5O5. The lowest BCUT2D eigenvalue weighted by atomic mass is 9.73. The summed E-state index contributed by atoms with van der Waals surface area (Å²) in [4.78, 5) is 34.1. The maximum atomic E-state index is 16.3. The van der Waals surface area contributed by atoms with Crippen LogP contribution in [0, 0.1) is 18.7 Å². The molecule has 2 aromatic heterocycles. The number of nitrogens with one attached hydrogen (secondary N) is 2. The molecular weight excluding hydrogens is 543 g/mol. The quantitative estimate of drug-likeness (QED) is 0.388. The van der Waals surface area contributed by atoms with Crippen molar-refractivity contribution in [1.29, 1.82) is 0 Å². The first-order valence-electron chi connectivity index (χ1n) is 13.8. The third-order valence-electron chi connectivity index (χ3n) is 7.94. The van der Waals surface area contributed by atoms with E-state index in [0.29, 0.717) is 5.52 Å². The minimum atomic E-state index is -2.79. The predicted molar refractivity (Wildman–Crippen MR) is 140 cm³/mol. The number of rotatable bonds is 6. The van der Waals surface area contributed by atoms with Crippen LogP contribution in [-0.4, -0.2) is 56.9 Å². The summed E-state index contributed by atoms with van der Waals surface area (Å²) in [6, 6.07) is 2.34. The van der Waals surface area contributed by atoms with Crippen molar-refractivity contribution in [1.82, 2.24) is 25.6 Å². The Bertz CT molecular complexity index is 1430. The zero-order valence-corrected chi connectivity index (χ0v) is 23.5. The minimum Gasteiger partial charge on any atom is -0.459 e. The molecule has 1 amide bonds. The fraction of sp³-hybridized carbons (Fsp3) is 0.607. The number of fused-ring (bicyclic) bond motifs is 1. The second-order valence-corrected chi connectivity index (χ2v) is 12.0. The largest absolute Gasteiger partial charge is 0.459 e. The molecule has 3 heterocycles. The molecule has 0 spiro atoms. The Morgan fingerprint density at radius 2 is 1.80 bits per heavy atom. The summed E-state index contributed by atoms with van der Waals surface area (Å²) in [6.45, 7) is 7.34. The van der Waals surface area contributed by atoms with E-state index < -0.39 is 46.6 Å². The van der Waals surface area contributed by atoms with Gasteiger partial charge in [0.25, 0.3) is 5.91 Å². The standard InChI is InChI=1S/C28H34F3N5O5/c1-15-20(36-41-35-15)24(37)34-21(16-7-9-28(30,31)10-8-16)23-32-18-6-5-17(19(29)22(18)33-23)27(11-13-39-14-12-27)25(38)40-26(2,3)4/h5-6,16,21H,7-14H2,1-4H3,(H,32,33)(H,34,37)/t21-/m0/s1. The van der Waals surface area contributed by atoms with Gasteiger partial charge in [-0.1, -0.05) is 11.2 Å². The number of amides is 1. The average molecular weight is 578 g/mol. The zero-order chi connectivity index (χ0) is 29.6. The first-order valence-corrected chi connectivity index (χ1v) is 13.8. The Kier molecular flexibility index (Phi) is 7.60. The molecule has 2 aliphatic rings. The van der Waals surface area contributed by atoms with Gasteiger partial charge in [0.05, 0.1) is 11.6 Å². The Morgan fingerprint density at radius 3 is 2.41 bits per heavy atom. The van der Waals surface area contributed by atoms with Crippen LogP contribution in [0.3, 0.4) is 0 Å². The molecule has 222 valence electrons. The van der Waals surface area contributed by atoms with Crippen molar-refractivity contribution >= 4 is 22.9 Å². The number of carbonyl (C=O) groups is 2. The molecule has 0 unspecified atom stereocenters. The number of halogens is 3. The van der Waals surface area contributed by atoms with E-state index >= 15 is 4.39 Å². The van der Waals surface area contributed by atoms with E-state index in [9.17, 15) is 18.4 Å². The molecule has 2 N–H and O–H groups in total. The first-order chi connectivity index (χ1) is 19.3. The number of nitrogens with zero attached hydrogens (tertiary/aromatic N) is 3. The fourth-order valence-corrected chi connectivity index (χ4v) is 5.71. The number of hydrogen-bond donors (Lipinski definition) is 2. The highest BCUT2D eigenvalue weighted by atomic mass is 19.3. The molecule has 3 aromatic rings. The number of aromatic nitrogens is 4. The van der Waals surface area contributed by atoms with E-state index in [-0.39, 0.29) is 80.0 Å². The Balaban J connectivity index is 1.54. The predicted octanol–water partition coefficient (Wildman–Crippen LogP) is 5.08. The molecule has 2 fully saturated rings. The Morgan fingerprint density at radius 1 is 1.12 bits per heavy atom. The number of H-pyrrole nitrogens is 1. The second-order valence-electron chi connectivity index (χ2n) is 12.0. The van der Waals surface area contributed by atoms with Crippen LogP contribution in [0.25, 0.3) is 11.0 Å². The summed E-state index contributed by atoms with van der Waals surface area (Å²) in [6.07, 6.45) is 0.0476. The number of alkyl halides is 2. The summed E-state index contributed by atoms with van der Waals surface area (Å²) >= 11 is 0. The summed E-state index contributed by atoms with van der Waals surface area (Å²) in [5.41, 5.74) is -1.34. The summed E-state index contributed by atoms with van der Waals surface area (Å²) in [5.74, 6) is -4.80. The average Bonchev–Trinajstić information content (AvgIpc) is 3.54. The molecule has 13 heteroatoms. The molecule has 0 bridgehead atoms. The number of aryl methyl sites for hydroxylation is 1. The van der Waals surface area contributed by atoms with Gasteiger partial charge in [-0.25, -0.2) is 22.8 Å². The van der Waals surface area contributed by atoms with Crippen molar-refractivity contribution in [3.05, 3.63) is 40.7 Å². The number of hydrogen-bond acceptors (Lipinski definition) is 8. The van der Waals surface area contributed by atoms with Crippen LogP contribution in [0.5, 0.6) is 0 Å². The number of esters is 1. The lowest BCUT2D eigenvalue weighted by Gasteiger charge is -2.37. The molecule has 1 aliphatic heterocycles. The number of imidazole rings is 1. The third-order valence-corrected chi connectivity index (χ3v) is 7.94. The van der Waals surface area contributed by atoms with Crippen molar-refractivity contribution in [2.75, 3.05) is 13.2 Å². The smallest absolute Gasteiger partial charge is 0.317 e.